The van der Waals surface area contributed by atoms with Crippen LogP contribution in [0.4, 0.5) is 11.4 Å². The van der Waals surface area contributed by atoms with Crippen LogP contribution in [0.5, 0.6) is 0 Å². The number of nitro benzene ring substituents is 1. The summed E-state index contributed by atoms with van der Waals surface area (Å²) >= 11 is 3.19. The van der Waals surface area contributed by atoms with E-state index in [2.05, 4.69) is 21.2 Å². The van der Waals surface area contributed by atoms with Gasteiger partial charge in [0.15, 0.2) is 0 Å². The van der Waals surface area contributed by atoms with E-state index < -0.39 is 4.92 Å². The molecule has 0 spiro atoms. The van der Waals surface area contributed by atoms with E-state index in [-0.39, 0.29) is 11.8 Å². The maximum absolute atomic E-state index is 10.8. The lowest BCUT2D eigenvalue weighted by atomic mass is 10.2. The number of aliphatic hydroxyl groups excluding tert-OH is 1. The van der Waals surface area contributed by atoms with Gasteiger partial charge in [-0.1, -0.05) is 22.9 Å². The Balaban J connectivity index is 2.67. The van der Waals surface area contributed by atoms with Crippen LogP contribution < -0.4 is 5.32 Å². The lowest BCUT2D eigenvalue weighted by Gasteiger charge is -2.10. The standard InChI is InChI=1S/C11H15BrN2O3/c1-2-9(15)5-6-13-10-4-3-8(12)7-11(10)14(16)17/h3-4,7,9,13,15H,2,5-6H2,1H3. The molecule has 0 saturated heterocycles. The highest BCUT2D eigenvalue weighted by molar-refractivity contribution is 9.10. The van der Waals surface area contributed by atoms with Gasteiger partial charge in [0.25, 0.3) is 5.69 Å². The summed E-state index contributed by atoms with van der Waals surface area (Å²) in [4.78, 5) is 10.4. The van der Waals surface area contributed by atoms with Crippen LogP contribution in [0.1, 0.15) is 19.8 Å². The van der Waals surface area contributed by atoms with Gasteiger partial charge in [-0.2, -0.15) is 0 Å². The Morgan fingerprint density at radius 3 is 2.88 bits per heavy atom. The average molecular weight is 303 g/mol. The zero-order chi connectivity index (χ0) is 12.8. The summed E-state index contributed by atoms with van der Waals surface area (Å²) in [5.41, 5.74) is 0.506. The third-order valence-electron chi connectivity index (χ3n) is 2.42. The van der Waals surface area contributed by atoms with Crippen molar-refractivity contribution in [2.24, 2.45) is 0 Å². The number of anilines is 1. The van der Waals surface area contributed by atoms with E-state index in [4.69, 9.17) is 0 Å². The summed E-state index contributed by atoms with van der Waals surface area (Å²) in [7, 11) is 0. The Morgan fingerprint density at radius 1 is 1.59 bits per heavy atom. The maximum atomic E-state index is 10.8. The molecule has 1 aromatic carbocycles. The molecule has 2 N–H and O–H groups in total. The van der Waals surface area contributed by atoms with E-state index in [9.17, 15) is 15.2 Å². The van der Waals surface area contributed by atoms with Crippen LogP contribution in [0.25, 0.3) is 0 Å². The first-order valence-corrected chi connectivity index (χ1v) is 6.19. The molecule has 6 heteroatoms. The number of nitrogens with zero attached hydrogens (tertiary/aromatic N) is 1. The van der Waals surface area contributed by atoms with Gasteiger partial charge < -0.3 is 10.4 Å². The molecule has 0 aliphatic carbocycles. The van der Waals surface area contributed by atoms with Gasteiger partial charge in [-0.15, -0.1) is 0 Å². The molecule has 0 amide bonds. The first-order valence-electron chi connectivity index (χ1n) is 5.40. The summed E-state index contributed by atoms with van der Waals surface area (Å²) in [5, 5.41) is 23.2. The number of nitrogens with one attached hydrogen (secondary N) is 1. The zero-order valence-electron chi connectivity index (χ0n) is 9.52. The van der Waals surface area contributed by atoms with Crippen LogP contribution in [0.2, 0.25) is 0 Å². The summed E-state index contributed by atoms with van der Waals surface area (Å²) < 4.78 is 0.670. The Kier molecular flexibility index (Phi) is 5.37. The summed E-state index contributed by atoms with van der Waals surface area (Å²) in [5.74, 6) is 0. The van der Waals surface area contributed by atoms with E-state index in [1.54, 1.807) is 12.1 Å². The Hall–Kier alpha value is -1.14. The maximum Gasteiger partial charge on any atom is 0.293 e. The zero-order valence-corrected chi connectivity index (χ0v) is 11.1. The quantitative estimate of drug-likeness (QED) is 0.626. The molecular formula is C11H15BrN2O3. The van der Waals surface area contributed by atoms with Crippen molar-refractivity contribution in [2.45, 2.75) is 25.9 Å². The predicted octanol–water partition coefficient (Wildman–Crippen LogP) is 2.93. The number of hydrogen-bond acceptors (Lipinski definition) is 4. The number of hydrogen-bond donors (Lipinski definition) is 2. The van der Waals surface area contributed by atoms with Gasteiger partial charge in [0, 0.05) is 17.1 Å². The molecule has 0 aromatic heterocycles. The highest BCUT2D eigenvalue weighted by atomic mass is 79.9. The van der Waals surface area contributed by atoms with Crippen LogP contribution in [-0.2, 0) is 0 Å². The number of benzene rings is 1. The normalized spacial score (nSPS) is 12.2. The fourth-order valence-corrected chi connectivity index (χ4v) is 1.73. The van der Waals surface area contributed by atoms with Gasteiger partial charge in [0.05, 0.1) is 11.0 Å². The molecular weight excluding hydrogens is 288 g/mol. The van der Waals surface area contributed by atoms with Gasteiger partial charge in [-0.3, -0.25) is 10.1 Å². The molecule has 0 heterocycles. The fourth-order valence-electron chi connectivity index (χ4n) is 1.38. The molecule has 0 bridgehead atoms. The van der Waals surface area contributed by atoms with Crippen molar-refractivity contribution in [1.82, 2.24) is 0 Å². The van der Waals surface area contributed by atoms with Crippen LogP contribution in [-0.4, -0.2) is 22.7 Å². The van der Waals surface area contributed by atoms with E-state index in [0.29, 0.717) is 29.5 Å². The summed E-state index contributed by atoms with van der Waals surface area (Å²) in [6.45, 7) is 2.41. The third-order valence-corrected chi connectivity index (χ3v) is 2.91. The highest BCUT2D eigenvalue weighted by Crippen LogP contribution is 2.27. The summed E-state index contributed by atoms with van der Waals surface area (Å²) in [6.07, 6.45) is 0.894. The second-order valence-corrected chi connectivity index (χ2v) is 4.61. The van der Waals surface area contributed by atoms with E-state index in [0.717, 1.165) is 0 Å². The number of halogens is 1. The number of nitro groups is 1. The van der Waals surface area contributed by atoms with Crippen LogP contribution in [0, 0.1) is 10.1 Å². The second kappa shape index (κ2) is 6.56. The topological polar surface area (TPSA) is 75.4 Å². The van der Waals surface area contributed by atoms with Crippen molar-refractivity contribution in [2.75, 3.05) is 11.9 Å². The largest absolute Gasteiger partial charge is 0.393 e. The van der Waals surface area contributed by atoms with Crippen molar-refractivity contribution in [3.63, 3.8) is 0 Å². The molecule has 17 heavy (non-hydrogen) atoms. The fraction of sp³-hybridized carbons (Fsp3) is 0.455. The molecule has 1 unspecified atom stereocenters. The van der Waals surface area contributed by atoms with Crippen LogP contribution in [0.3, 0.4) is 0 Å². The van der Waals surface area contributed by atoms with Crippen molar-refractivity contribution in [3.8, 4) is 0 Å². The minimum atomic E-state index is -0.427. The Bertz CT molecular complexity index is 398. The Morgan fingerprint density at radius 2 is 2.29 bits per heavy atom. The lowest BCUT2D eigenvalue weighted by Crippen LogP contribution is -2.12. The van der Waals surface area contributed by atoms with Gasteiger partial charge >= 0.3 is 0 Å². The molecule has 1 aromatic rings. The lowest BCUT2D eigenvalue weighted by molar-refractivity contribution is -0.384. The number of rotatable bonds is 6. The molecule has 94 valence electrons. The second-order valence-electron chi connectivity index (χ2n) is 3.70. The molecule has 0 aliphatic rings. The van der Waals surface area contributed by atoms with Crippen LogP contribution in [0.15, 0.2) is 22.7 Å². The molecule has 1 rings (SSSR count). The van der Waals surface area contributed by atoms with Gasteiger partial charge in [0.1, 0.15) is 5.69 Å². The highest BCUT2D eigenvalue weighted by Gasteiger charge is 2.13. The van der Waals surface area contributed by atoms with Crippen molar-refractivity contribution < 1.29 is 10.0 Å². The monoisotopic (exact) mass is 302 g/mol. The molecule has 0 aliphatic heterocycles. The smallest absolute Gasteiger partial charge is 0.293 e. The number of aliphatic hydroxyl groups is 1. The SMILES string of the molecule is CCC(O)CCNc1ccc(Br)cc1[N+](=O)[O-]. The van der Waals surface area contributed by atoms with E-state index in [1.807, 2.05) is 6.92 Å². The van der Waals surface area contributed by atoms with Gasteiger partial charge in [-0.05, 0) is 25.0 Å². The third kappa shape index (κ3) is 4.32. The minimum absolute atomic E-state index is 0.0327. The first-order chi connectivity index (χ1) is 8.04. The van der Waals surface area contributed by atoms with Gasteiger partial charge in [0.2, 0.25) is 0 Å². The summed E-state index contributed by atoms with van der Waals surface area (Å²) in [6, 6.07) is 4.85. The molecule has 0 fully saturated rings. The average Bonchev–Trinajstić information content (AvgIpc) is 2.30. The Labute approximate surface area is 108 Å². The molecule has 1 atom stereocenters. The predicted molar refractivity (Wildman–Crippen MR) is 70.2 cm³/mol. The van der Waals surface area contributed by atoms with Crippen molar-refractivity contribution in [1.29, 1.82) is 0 Å². The van der Waals surface area contributed by atoms with Crippen molar-refractivity contribution in [3.05, 3.63) is 32.8 Å². The van der Waals surface area contributed by atoms with Crippen LogP contribution >= 0.6 is 15.9 Å². The first kappa shape index (κ1) is 13.9. The van der Waals surface area contributed by atoms with E-state index >= 15 is 0 Å². The molecule has 0 radical (unpaired) electrons. The molecule has 0 saturated carbocycles. The van der Waals surface area contributed by atoms with Crippen molar-refractivity contribution >= 4 is 27.3 Å². The minimum Gasteiger partial charge on any atom is -0.393 e. The van der Waals surface area contributed by atoms with E-state index in [1.165, 1.54) is 6.07 Å². The van der Waals surface area contributed by atoms with Gasteiger partial charge in [-0.25, -0.2) is 0 Å². The molecule has 5 nitrogen and oxygen atoms in total.